The van der Waals surface area contributed by atoms with Gasteiger partial charge in [-0.1, -0.05) is 24.3 Å². The van der Waals surface area contributed by atoms with Gasteiger partial charge in [0.15, 0.2) is 0 Å². The summed E-state index contributed by atoms with van der Waals surface area (Å²) in [7, 11) is 0. The first-order valence-corrected chi connectivity index (χ1v) is 5.64. The van der Waals surface area contributed by atoms with E-state index in [0.717, 1.165) is 16.7 Å². The molecule has 1 heterocycles. The number of rotatable bonds is 4. The van der Waals surface area contributed by atoms with Crippen molar-refractivity contribution >= 4 is 5.97 Å². The molecule has 4 nitrogen and oxygen atoms in total. The predicted molar refractivity (Wildman–Crippen MR) is 68.9 cm³/mol. The van der Waals surface area contributed by atoms with Crippen LogP contribution in [0.4, 0.5) is 0 Å². The quantitative estimate of drug-likeness (QED) is 0.861. The summed E-state index contributed by atoms with van der Waals surface area (Å²) in [6, 6.07) is 10.9. The molecule has 0 fully saturated rings. The van der Waals surface area contributed by atoms with Crippen molar-refractivity contribution in [2.75, 3.05) is 0 Å². The Labute approximate surface area is 105 Å². The zero-order chi connectivity index (χ0) is 13.0. The molecular formula is C14H14N2O2. The molecule has 0 radical (unpaired) electrons. The highest BCUT2D eigenvalue weighted by Crippen LogP contribution is 2.22. The van der Waals surface area contributed by atoms with Crippen LogP contribution in [0.2, 0.25) is 0 Å². The van der Waals surface area contributed by atoms with Gasteiger partial charge >= 0.3 is 5.97 Å². The second kappa shape index (κ2) is 5.42. The van der Waals surface area contributed by atoms with Crippen molar-refractivity contribution in [2.45, 2.75) is 12.5 Å². The van der Waals surface area contributed by atoms with Crippen LogP contribution in [0.5, 0.6) is 0 Å². The number of carboxylic acid groups (broad SMARTS) is 1. The van der Waals surface area contributed by atoms with Gasteiger partial charge in [-0.2, -0.15) is 0 Å². The highest BCUT2D eigenvalue weighted by Gasteiger charge is 2.11. The van der Waals surface area contributed by atoms with Crippen molar-refractivity contribution in [3.63, 3.8) is 0 Å². The molecule has 3 N–H and O–H groups in total. The maximum atomic E-state index is 10.6. The van der Waals surface area contributed by atoms with Crippen molar-refractivity contribution in [1.29, 1.82) is 0 Å². The fourth-order valence-electron chi connectivity index (χ4n) is 1.79. The maximum absolute atomic E-state index is 10.6. The number of hydrogen-bond donors (Lipinski definition) is 2. The van der Waals surface area contributed by atoms with Crippen molar-refractivity contribution in [3.8, 4) is 11.1 Å². The van der Waals surface area contributed by atoms with Crippen molar-refractivity contribution < 1.29 is 9.90 Å². The van der Waals surface area contributed by atoms with Crippen LogP contribution >= 0.6 is 0 Å². The number of hydrogen-bond acceptors (Lipinski definition) is 3. The van der Waals surface area contributed by atoms with E-state index in [1.54, 1.807) is 12.4 Å². The Morgan fingerprint density at radius 2 is 2.06 bits per heavy atom. The average Bonchev–Trinajstić information content (AvgIpc) is 2.39. The highest BCUT2D eigenvalue weighted by molar-refractivity contribution is 5.68. The van der Waals surface area contributed by atoms with Crippen molar-refractivity contribution in [3.05, 3.63) is 54.4 Å². The molecule has 92 valence electrons. The van der Waals surface area contributed by atoms with E-state index in [-0.39, 0.29) is 6.42 Å². The Kier molecular flexibility index (Phi) is 3.69. The van der Waals surface area contributed by atoms with Crippen molar-refractivity contribution in [1.82, 2.24) is 4.98 Å². The van der Waals surface area contributed by atoms with E-state index < -0.39 is 12.0 Å². The Morgan fingerprint density at radius 1 is 1.28 bits per heavy atom. The fourth-order valence-corrected chi connectivity index (χ4v) is 1.79. The zero-order valence-corrected chi connectivity index (χ0v) is 9.78. The number of benzene rings is 1. The van der Waals surface area contributed by atoms with Gasteiger partial charge in [-0.15, -0.1) is 0 Å². The second-order valence-electron chi connectivity index (χ2n) is 4.07. The van der Waals surface area contributed by atoms with Crippen LogP contribution in [-0.4, -0.2) is 16.1 Å². The third-order valence-corrected chi connectivity index (χ3v) is 2.70. The van der Waals surface area contributed by atoms with Gasteiger partial charge in [0.2, 0.25) is 0 Å². The summed E-state index contributed by atoms with van der Waals surface area (Å²) in [5, 5.41) is 8.74. The summed E-state index contributed by atoms with van der Waals surface area (Å²) in [6.07, 6.45) is 3.40. The van der Waals surface area contributed by atoms with Gasteiger partial charge in [0.1, 0.15) is 0 Å². The minimum Gasteiger partial charge on any atom is -0.481 e. The van der Waals surface area contributed by atoms with Crippen molar-refractivity contribution in [2.24, 2.45) is 5.73 Å². The largest absolute Gasteiger partial charge is 0.481 e. The van der Waals surface area contributed by atoms with E-state index in [0.29, 0.717) is 0 Å². The second-order valence-corrected chi connectivity index (χ2v) is 4.07. The summed E-state index contributed by atoms with van der Waals surface area (Å²) in [5.41, 5.74) is 8.64. The first-order valence-electron chi connectivity index (χ1n) is 5.64. The molecule has 0 saturated heterocycles. The Balaban J connectivity index is 2.28. The topological polar surface area (TPSA) is 76.2 Å². The number of nitrogens with two attached hydrogens (primary N) is 1. The van der Waals surface area contributed by atoms with Gasteiger partial charge in [-0.3, -0.25) is 9.78 Å². The smallest absolute Gasteiger partial charge is 0.305 e. The van der Waals surface area contributed by atoms with Crippen LogP contribution in [0, 0.1) is 0 Å². The fraction of sp³-hybridized carbons (Fsp3) is 0.143. The molecule has 1 unspecified atom stereocenters. The molecule has 18 heavy (non-hydrogen) atoms. The van der Waals surface area contributed by atoms with Crippen LogP contribution in [0.1, 0.15) is 18.0 Å². The molecule has 0 bridgehead atoms. The molecule has 0 spiro atoms. The van der Waals surface area contributed by atoms with Gasteiger partial charge in [-0.05, 0) is 28.8 Å². The molecule has 0 amide bonds. The molecule has 1 atom stereocenters. The third kappa shape index (κ3) is 2.93. The maximum Gasteiger partial charge on any atom is 0.305 e. The molecular weight excluding hydrogens is 228 g/mol. The Morgan fingerprint density at radius 3 is 2.72 bits per heavy atom. The first kappa shape index (κ1) is 12.3. The van der Waals surface area contributed by atoms with Gasteiger partial charge in [-0.25, -0.2) is 0 Å². The summed E-state index contributed by atoms with van der Waals surface area (Å²) in [6.45, 7) is 0. The van der Waals surface area contributed by atoms with Gasteiger partial charge in [0.25, 0.3) is 0 Å². The first-order chi connectivity index (χ1) is 8.66. The van der Waals surface area contributed by atoms with E-state index in [1.165, 1.54) is 0 Å². The number of carbonyl (C=O) groups is 1. The summed E-state index contributed by atoms with van der Waals surface area (Å²) >= 11 is 0. The van der Waals surface area contributed by atoms with Gasteiger partial charge in [0, 0.05) is 18.4 Å². The number of aromatic nitrogens is 1. The lowest BCUT2D eigenvalue weighted by Gasteiger charge is -2.11. The highest BCUT2D eigenvalue weighted by atomic mass is 16.4. The van der Waals surface area contributed by atoms with Crippen LogP contribution in [0.25, 0.3) is 11.1 Å². The monoisotopic (exact) mass is 242 g/mol. The normalized spacial score (nSPS) is 12.1. The standard InChI is InChI=1S/C14H14N2O2/c15-13(8-14(17)18)11-4-1-3-10(7-11)12-5-2-6-16-9-12/h1-7,9,13H,8,15H2,(H,17,18). The van der Waals surface area contributed by atoms with E-state index >= 15 is 0 Å². The van der Waals surface area contributed by atoms with Gasteiger partial charge in [0.05, 0.1) is 6.42 Å². The molecule has 0 aliphatic rings. The molecule has 2 rings (SSSR count). The van der Waals surface area contributed by atoms with E-state index in [4.69, 9.17) is 10.8 Å². The zero-order valence-electron chi connectivity index (χ0n) is 9.78. The molecule has 2 aromatic rings. The summed E-state index contributed by atoms with van der Waals surface area (Å²) < 4.78 is 0. The molecule has 0 saturated carbocycles. The predicted octanol–water partition coefficient (Wildman–Crippen LogP) is 2.22. The molecule has 0 aliphatic heterocycles. The summed E-state index contributed by atoms with van der Waals surface area (Å²) in [4.78, 5) is 14.7. The number of carboxylic acids is 1. The third-order valence-electron chi connectivity index (χ3n) is 2.70. The molecule has 4 heteroatoms. The van der Waals surface area contributed by atoms with E-state index in [2.05, 4.69) is 4.98 Å². The minimum absolute atomic E-state index is 0.0729. The van der Waals surface area contributed by atoms with E-state index in [9.17, 15) is 4.79 Å². The van der Waals surface area contributed by atoms with E-state index in [1.807, 2.05) is 36.4 Å². The SMILES string of the molecule is NC(CC(=O)O)c1cccc(-c2cccnc2)c1. The number of pyridine rings is 1. The lowest BCUT2D eigenvalue weighted by atomic mass is 9.99. The summed E-state index contributed by atoms with van der Waals surface area (Å²) in [5.74, 6) is -0.894. The minimum atomic E-state index is -0.894. The lowest BCUT2D eigenvalue weighted by molar-refractivity contribution is -0.137. The lowest BCUT2D eigenvalue weighted by Crippen LogP contribution is -2.14. The van der Waals surface area contributed by atoms with Crippen LogP contribution in [0.15, 0.2) is 48.8 Å². The number of aliphatic carboxylic acids is 1. The number of nitrogens with zero attached hydrogens (tertiary/aromatic N) is 1. The Hall–Kier alpha value is -2.20. The van der Waals surface area contributed by atoms with Crippen LogP contribution < -0.4 is 5.73 Å². The van der Waals surface area contributed by atoms with Gasteiger partial charge < -0.3 is 10.8 Å². The Bertz CT molecular complexity index is 541. The van der Waals surface area contributed by atoms with Crippen LogP contribution in [-0.2, 0) is 4.79 Å². The molecule has 1 aromatic carbocycles. The molecule has 0 aliphatic carbocycles. The average molecular weight is 242 g/mol. The molecule has 1 aromatic heterocycles. The van der Waals surface area contributed by atoms with Crippen LogP contribution in [0.3, 0.4) is 0 Å².